The SMILES string of the molecule is O=c1ccc(CBr)cn1-c1ccccc1. The molecule has 0 saturated carbocycles. The quantitative estimate of drug-likeness (QED) is 0.764. The first-order valence-corrected chi connectivity index (χ1v) is 5.76. The Balaban J connectivity index is 2.57. The first kappa shape index (κ1) is 10.2. The van der Waals surface area contributed by atoms with E-state index in [9.17, 15) is 4.79 Å². The van der Waals surface area contributed by atoms with E-state index in [0.717, 1.165) is 16.6 Å². The highest BCUT2D eigenvalue weighted by atomic mass is 79.9. The fraction of sp³-hybridized carbons (Fsp3) is 0.0833. The van der Waals surface area contributed by atoms with E-state index in [4.69, 9.17) is 0 Å². The van der Waals surface area contributed by atoms with Crippen molar-refractivity contribution >= 4 is 15.9 Å². The van der Waals surface area contributed by atoms with Gasteiger partial charge in [0.25, 0.3) is 5.56 Å². The molecule has 3 heteroatoms. The second-order valence-corrected chi connectivity index (χ2v) is 3.78. The summed E-state index contributed by atoms with van der Waals surface area (Å²) < 4.78 is 1.65. The molecule has 0 amide bonds. The van der Waals surface area contributed by atoms with E-state index in [0.29, 0.717) is 0 Å². The van der Waals surface area contributed by atoms with Gasteiger partial charge in [0.2, 0.25) is 0 Å². The molecule has 0 aliphatic carbocycles. The lowest BCUT2D eigenvalue weighted by atomic mass is 10.3. The fourth-order valence-electron chi connectivity index (χ4n) is 1.40. The normalized spacial score (nSPS) is 10.2. The molecule has 0 fully saturated rings. The summed E-state index contributed by atoms with van der Waals surface area (Å²) in [5.41, 5.74) is 1.97. The van der Waals surface area contributed by atoms with Gasteiger partial charge in [0.15, 0.2) is 0 Å². The summed E-state index contributed by atoms with van der Waals surface area (Å²) in [4.78, 5) is 11.6. The Morgan fingerprint density at radius 2 is 1.80 bits per heavy atom. The van der Waals surface area contributed by atoms with Crippen LogP contribution in [0.25, 0.3) is 5.69 Å². The minimum absolute atomic E-state index is 0.00843. The number of nitrogens with zero attached hydrogens (tertiary/aromatic N) is 1. The maximum Gasteiger partial charge on any atom is 0.255 e. The van der Waals surface area contributed by atoms with E-state index in [1.54, 1.807) is 10.6 Å². The standard InChI is InChI=1S/C12H10BrNO/c13-8-10-6-7-12(15)14(9-10)11-4-2-1-3-5-11/h1-7,9H,8H2. The molecule has 15 heavy (non-hydrogen) atoms. The Hall–Kier alpha value is -1.35. The zero-order chi connectivity index (χ0) is 10.7. The van der Waals surface area contributed by atoms with Crippen molar-refractivity contribution < 1.29 is 0 Å². The van der Waals surface area contributed by atoms with Crippen molar-refractivity contribution in [3.63, 3.8) is 0 Å². The van der Waals surface area contributed by atoms with Gasteiger partial charge in [-0.3, -0.25) is 9.36 Å². The molecule has 0 spiro atoms. The number of rotatable bonds is 2. The predicted molar refractivity (Wildman–Crippen MR) is 64.7 cm³/mol. The second kappa shape index (κ2) is 4.45. The number of aromatic nitrogens is 1. The van der Waals surface area contributed by atoms with Gasteiger partial charge >= 0.3 is 0 Å². The van der Waals surface area contributed by atoms with E-state index >= 15 is 0 Å². The van der Waals surface area contributed by atoms with Crippen molar-refractivity contribution in [2.45, 2.75) is 5.33 Å². The summed E-state index contributed by atoms with van der Waals surface area (Å²) in [5, 5.41) is 0.750. The Morgan fingerprint density at radius 3 is 2.47 bits per heavy atom. The number of alkyl halides is 1. The van der Waals surface area contributed by atoms with Crippen LogP contribution in [0.3, 0.4) is 0 Å². The molecule has 1 heterocycles. The van der Waals surface area contributed by atoms with Crippen molar-refractivity contribution in [1.29, 1.82) is 0 Å². The van der Waals surface area contributed by atoms with Crippen molar-refractivity contribution in [1.82, 2.24) is 4.57 Å². The molecule has 0 bridgehead atoms. The molecule has 0 N–H and O–H groups in total. The highest BCUT2D eigenvalue weighted by molar-refractivity contribution is 9.08. The lowest BCUT2D eigenvalue weighted by molar-refractivity contribution is 0.975. The zero-order valence-electron chi connectivity index (χ0n) is 8.06. The molecule has 0 unspecified atom stereocenters. The van der Waals surface area contributed by atoms with Crippen molar-refractivity contribution in [2.75, 3.05) is 0 Å². The van der Waals surface area contributed by atoms with Gasteiger partial charge in [-0.1, -0.05) is 40.2 Å². The molecule has 1 aromatic heterocycles. The van der Waals surface area contributed by atoms with Crippen LogP contribution < -0.4 is 5.56 Å². The van der Waals surface area contributed by atoms with E-state index in [2.05, 4.69) is 15.9 Å². The summed E-state index contributed by atoms with van der Waals surface area (Å²) in [6.07, 6.45) is 1.85. The van der Waals surface area contributed by atoms with Crippen molar-refractivity contribution in [3.05, 3.63) is 64.6 Å². The van der Waals surface area contributed by atoms with E-state index in [1.165, 1.54) is 0 Å². The molecular weight excluding hydrogens is 254 g/mol. The van der Waals surface area contributed by atoms with E-state index in [1.807, 2.05) is 42.6 Å². The Labute approximate surface area is 96.3 Å². The fourth-order valence-corrected chi connectivity index (χ4v) is 1.73. The van der Waals surface area contributed by atoms with Crippen molar-refractivity contribution in [3.8, 4) is 5.69 Å². The van der Waals surface area contributed by atoms with Crippen LogP contribution in [0.15, 0.2) is 53.5 Å². The van der Waals surface area contributed by atoms with Crippen LogP contribution in [-0.2, 0) is 5.33 Å². The summed E-state index contributed by atoms with van der Waals surface area (Å²) in [7, 11) is 0. The van der Waals surface area contributed by atoms with Gasteiger partial charge in [0.05, 0.1) is 0 Å². The third-order valence-electron chi connectivity index (χ3n) is 2.16. The number of hydrogen-bond acceptors (Lipinski definition) is 1. The Kier molecular flexibility index (Phi) is 3.02. The molecule has 1 aromatic carbocycles. The predicted octanol–water partition coefficient (Wildman–Crippen LogP) is 2.73. The molecule has 76 valence electrons. The second-order valence-electron chi connectivity index (χ2n) is 3.21. The number of benzene rings is 1. The first-order valence-electron chi connectivity index (χ1n) is 4.64. The summed E-state index contributed by atoms with van der Waals surface area (Å²) in [6, 6.07) is 13.0. The molecule has 2 rings (SSSR count). The third kappa shape index (κ3) is 2.18. The van der Waals surface area contributed by atoms with Crippen LogP contribution in [0.4, 0.5) is 0 Å². The van der Waals surface area contributed by atoms with Crippen LogP contribution in [0, 0.1) is 0 Å². The lowest BCUT2D eigenvalue weighted by Gasteiger charge is -2.06. The topological polar surface area (TPSA) is 22.0 Å². The molecule has 0 aliphatic heterocycles. The Bertz CT molecular complexity index is 505. The van der Waals surface area contributed by atoms with Gasteiger partial charge in [-0.15, -0.1) is 0 Å². The largest absolute Gasteiger partial charge is 0.284 e. The highest BCUT2D eigenvalue weighted by Crippen LogP contribution is 2.07. The van der Waals surface area contributed by atoms with Crippen LogP contribution >= 0.6 is 15.9 Å². The van der Waals surface area contributed by atoms with Gasteiger partial charge in [-0.05, 0) is 17.7 Å². The smallest absolute Gasteiger partial charge is 0.255 e. The molecule has 0 atom stereocenters. The summed E-state index contributed by atoms with van der Waals surface area (Å²) in [5.74, 6) is 0. The zero-order valence-corrected chi connectivity index (χ0v) is 9.65. The van der Waals surface area contributed by atoms with Gasteiger partial charge in [-0.2, -0.15) is 0 Å². The maximum atomic E-state index is 11.6. The number of pyridine rings is 1. The third-order valence-corrected chi connectivity index (χ3v) is 2.81. The minimum Gasteiger partial charge on any atom is -0.284 e. The van der Waals surface area contributed by atoms with Crippen LogP contribution in [0.2, 0.25) is 0 Å². The number of para-hydroxylation sites is 1. The van der Waals surface area contributed by atoms with Gasteiger partial charge in [0.1, 0.15) is 0 Å². The molecule has 0 aliphatic rings. The summed E-state index contributed by atoms with van der Waals surface area (Å²) >= 11 is 3.37. The van der Waals surface area contributed by atoms with E-state index < -0.39 is 0 Å². The molecule has 0 radical (unpaired) electrons. The van der Waals surface area contributed by atoms with Crippen molar-refractivity contribution in [2.24, 2.45) is 0 Å². The lowest BCUT2D eigenvalue weighted by Crippen LogP contribution is -2.16. The minimum atomic E-state index is -0.00843. The average Bonchev–Trinajstić information content (AvgIpc) is 2.31. The van der Waals surface area contributed by atoms with E-state index in [-0.39, 0.29) is 5.56 Å². The average molecular weight is 264 g/mol. The van der Waals surface area contributed by atoms with Gasteiger partial charge in [0, 0.05) is 23.3 Å². The number of halogens is 1. The number of hydrogen-bond donors (Lipinski definition) is 0. The van der Waals surface area contributed by atoms with Gasteiger partial charge in [-0.25, -0.2) is 0 Å². The van der Waals surface area contributed by atoms with Crippen LogP contribution in [-0.4, -0.2) is 4.57 Å². The molecule has 0 saturated heterocycles. The maximum absolute atomic E-state index is 11.6. The van der Waals surface area contributed by atoms with Crippen LogP contribution in [0.1, 0.15) is 5.56 Å². The molecular formula is C12H10BrNO. The molecule has 2 aromatic rings. The molecule has 2 nitrogen and oxygen atoms in total. The first-order chi connectivity index (χ1) is 7.31. The Morgan fingerprint density at radius 1 is 1.07 bits per heavy atom. The highest BCUT2D eigenvalue weighted by Gasteiger charge is 1.99. The van der Waals surface area contributed by atoms with Gasteiger partial charge < -0.3 is 0 Å². The van der Waals surface area contributed by atoms with Crippen LogP contribution in [0.5, 0.6) is 0 Å². The monoisotopic (exact) mass is 263 g/mol. The summed E-state index contributed by atoms with van der Waals surface area (Å²) in [6.45, 7) is 0.